The van der Waals surface area contributed by atoms with Gasteiger partial charge in [0.1, 0.15) is 11.6 Å². The van der Waals surface area contributed by atoms with Crippen LogP contribution >= 0.6 is 0 Å². The molecule has 130 valence electrons. The number of hydrogen-bond donors (Lipinski definition) is 0. The van der Waals surface area contributed by atoms with Crippen LogP contribution < -0.4 is 0 Å². The molecular formula is C21H22F2N2. The van der Waals surface area contributed by atoms with Gasteiger partial charge in [0, 0.05) is 48.2 Å². The van der Waals surface area contributed by atoms with Gasteiger partial charge < -0.3 is 4.57 Å². The van der Waals surface area contributed by atoms with Gasteiger partial charge in [-0.2, -0.15) is 0 Å². The van der Waals surface area contributed by atoms with Crippen molar-refractivity contribution in [3.8, 4) is 0 Å². The molecule has 0 fully saturated rings. The van der Waals surface area contributed by atoms with Crippen molar-refractivity contribution in [2.75, 3.05) is 7.05 Å². The fraction of sp³-hybridized carbons (Fsp3) is 0.333. The van der Waals surface area contributed by atoms with Crippen molar-refractivity contribution in [3.05, 3.63) is 70.9 Å². The van der Waals surface area contributed by atoms with Crippen LogP contribution in [0.5, 0.6) is 0 Å². The summed E-state index contributed by atoms with van der Waals surface area (Å²) < 4.78 is 29.4. The molecular weight excluding hydrogens is 318 g/mol. The zero-order chi connectivity index (χ0) is 17.6. The molecule has 1 aliphatic rings. The number of hydrogen-bond acceptors (Lipinski definition) is 1. The largest absolute Gasteiger partial charge is 0.344 e. The van der Waals surface area contributed by atoms with E-state index in [1.165, 1.54) is 28.2 Å². The molecule has 0 saturated heterocycles. The number of aromatic nitrogens is 1. The molecule has 25 heavy (non-hydrogen) atoms. The minimum Gasteiger partial charge on any atom is -0.344 e. The van der Waals surface area contributed by atoms with E-state index < -0.39 is 11.6 Å². The zero-order valence-electron chi connectivity index (χ0n) is 14.6. The van der Waals surface area contributed by atoms with Gasteiger partial charge in [-0.05, 0) is 43.7 Å². The summed E-state index contributed by atoms with van der Waals surface area (Å²) in [5.41, 5.74) is 4.51. The Morgan fingerprint density at radius 1 is 1.12 bits per heavy atom. The van der Waals surface area contributed by atoms with Gasteiger partial charge in [-0.15, -0.1) is 0 Å². The van der Waals surface area contributed by atoms with Crippen molar-refractivity contribution in [1.29, 1.82) is 0 Å². The van der Waals surface area contributed by atoms with E-state index in [0.29, 0.717) is 24.6 Å². The second-order valence-electron chi connectivity index (χ2n) is 7.05. The van der Waals surface area contributed by atoms with Crippen molar-refractivity contribution in [1.82, 2.24) is 9.47 Å². The number of fused-ring (bicyclic) bond motifs is 3. The number of rotatable bonds is 3. The van der Waals surface area contributed by atoms with Crippen LogP contribution in [0.25, 0.3) is 10.9 Å². The quantitative estimate of drug-likeness (QED) is 0.680. The standard InChI is InChI=1S/C21H22F2N2/c1-14-11-21-18(13-24(14)2)17-5-3-4-6-20(17)25(21)10-9-15-7-8-16(22)12-19(15)23/h3-8,12,14H,9-11,13H2,1-2H3. The SMILES string of the molecule is CC1Cc2c(c3ccccc3n2CCc2ccc(F)cc2F)CN1C. The third-order valence-corrected chi connectivity index (χ3v) is 5.46. The maximum absolute atomic E-state index is 14.0. The molecule has 4 heteroatoms. The molecule has 1 unspecified atom stereocenters. The maximum atomic E-state index is 14.0. The first-order chi connectivity index (χ1) is 12.0. The molecule has 0 aliphatic carbocycles. The number of halogens is 2. The van der Waals surface area contributed by atoms with E-state index in [1.54, 1.807) is 6.07 Å². The van der Waals surface area contributed by atoms with E-state index in [-0.39, 0.29) is 0 Å². The van der Waals surface area contributed by atoms with Gasteiger partial charge in [-0.25, -0.2) is 8.78 Å². The highest BCUT2D eigenvalue weighted by atomic mass is 19.1. The minimum absolute atomic E-state index is 0.460. The van der Waals surface area contributed by atoms with Gasteiger partial charge in [-0.3, -0.25) is 4.90 Å². The monoisotopic (exact) mass is 340 g/mol. The first-order valence-corrected chi connectivity index (χ1v) is 8.77. The Kier molecular flexibility index (Phi) is 4.08. The first-order valence-electron chi connectivity index (χ1n) is 8.77. The van der Waals surface area contributed by atoms with Gasteiger partial charge in [0.15, 0.2) is 0 Å². The number of benzene rings is 2. The van der Waals surface area contributed by atoms with E-state index >= 15 is 0 Å². The highest BCUT2D eigenvalue weighted by Gasteiger charge is 2.26. The molecule has 0 amide bonds. The van der Waals surface area contributed by atoms with E-state index in [1.807, 2.05) is 0 Å². The number of para-hydroxylation sites is 1. The normalized spacial score (nSPS) is 17.8. The molecule has 0 bridgehead atoms. The van der Waals surface area contributed by atoms with Crippen LogP contribution in [-0.2, 0) is 25.9 Å². The summed E-state index contributed by atoms with van der Waals surface area (Å²) in [6, 6.07) is 12.8. The predicted octanol–water partition coefficient (Wildman–Crippen LogP) is 4.54. The van der Waals surface area contributed by atoms with Crippen molar-refractivity contribution < 1.29 is 8.78 Å². The van der Waals surface area contributed by atoms with E-state index in [4.69, 9.17) is 0 Å². The summed E-state index contributed by atoms with van der Waals surface area (Å²) >= 11 is 0. The molecule has 0 spiro atoms. The predicted molar refractivity (Wildman–Crippen MR) is 96.6 cm³/mol. The average molecular weight is 340 g/mol. The second kappa shape index (κ2) is 6.26. The minimum atomic E-state index is -0.526. The van der Waals surface area contributed by atoms with E-state index in [0.717, 1.165) is 19.0 Å². The molecule has 0 N–H and O–H groups in total. The molecule has 3 aromatic rings. The van der Waals surface area contributed by atoms with Crippen LogP contribution in [0.4, 0.5) is 8.78 Å². The highest BCUT2D eigenvalue weighted by molar-refractivity contribution is 5.85. The molecule has 1 aliphatic heterocycles. The Hall–Kier alpha value is -2.20. The Bertz CT molecular complexity index is 929. The zero-order valence-corrected chi connectivity index (χ0v) is 14.6. The molecule has 0 saturated carbocycles. The Labute approximate surface area is 146 Å². The second-order valence-corrected chi connectivity index (χ2v) is 7.05. The topological polar surface area (TPSA) is 8.17 Å². The fourth-order valence-electron chi connectivity index (χ4n) is 3.89. The third-order valence-electron chi connectivity index (χ3n) is 5.46. The number of likely N-dealkylation sites (N-methyl/N-ethyl adjacent to an activating group) is 1. The van der Waals surface area contributed by atoms with Crippen molar-refractivity contribution in [3.63, 3.8) is 0 Å². The van der Waals surface area contributed by atoms with Crippen molar-refractivity contribution in [2.24, 2.45) is 0 Å². The van der Waals surface area contributed by atoms with Gasteiger partial charge in [-0.1, -0.05) is 24.3 Å². The molecule has 0 radical (unpaired) electrons. The molecule has 1 atom stereocenters. The van der Waals surface area contributed by atoms with E-state index in [2.05, 4.69) is 47.7 Å². The number of nitrogens with zero attached hydrogens (tertiary/aromatic N) is 2. The molecule has 1 aromatic heterocycles. The average Bonchev–Trinajstić information content (AvgIpc) is 2.88. The lowest BCUT2D eigenvalue weighted by atomic mass is 10.00. The molecule has 2 aromatic carbocycles. The van der Waals surface area contributed by atoms with Crippen LogP contribution in [-0.4, -0.2) is 22.6 Å². The Morgan fingerprint density at radius 3 is 2.72 bits per heavy atom. The lowest BCUT2D eigenvalue weighted by Gasteiger charge is -2.31. The maximum Gasteiger partial charge on any atom is 0.129 e. The van der Waals surface area contributed by atoms with Crippen LogP contribution in [0.15, 0.2) is 42.5 Å². The van der Waals surface area contributed by atoms with E-state index in [9.17, 15) is 8.78 Å². The summed E-state index contributed by atoms with van der Waals surface area (Å²) in [7, 11) is 2.16. The Morgan fingerprint density at radius 2 is 1.92 bits per heavy atom. The summed E-state index contributed by atoms with van der Waals surface area (Å²) in [6.07, 6.45) is 1.55. The Balaban J connectivity index is 1.73. The number of aryl methyl sites for hydroxylation is 2. The van der Waals surface area contributed by atoms with Crippen molar-refractivity contribution in [2.45, 2.75) is 38.9 Å². The molecule has 2 nitrogen and oxygen atoms in total. The molecule has 2 heterocycles. The first kappa shape index (κ1) is 16.3. The lowest BCUT2D eigenvalue weighted by Crippen LogP contribution is -2.35. The summed E-state index contributed by atoms with van der Waals surface area (Å²) in [4.78, 5) is 2.37. The van der Waals surface area contributed by atoms with Crippen molar-refractivity contribution >= 4 is 10.9 Å². The third kappa shape index (κ3) is 2.85. The van der Waals surface area contributed by atoms with Gasteiger partial charge in [0.25, 0.3) is 0 Å². The lowest BCUT2D eigenvalue weighted by molar-refractivity contribution is 0.228. The summed E-state index contributed by atoms with van der Waals surface area (Å²) in [5, 5.41) is 1.29. The smallest absolute Gasteiger partial charge is 0.129 e. The van der Waals surface area contributed by atoms with Gasteiger partial charge >= 0.3 is 0 Å². The fourth-order valence-corrected chi connectivity index (χ4v) is 3.89. The summed E-state index contributed by atoms with van der Waals surface area (Å²) in [6.45, 7) is 3.88. The summed E-state index contributed by atoms with van der Waals surface area (Å²) in [5.74, 6) is -0.986. The van der Waals surface area contributed by atoms with Gasteiger partial charge in [0.05, 0.1) is 0 Å². The van der Waals surface area contributed by atoms with Crippen LogP contribution in [0.3, 0.4) is 0 Å². The van der Waals surface area contributed by atoms with Gasteiger partial charge in [0.2, 0.25) is 0 Å². The van der Waals surface area contributed by atoms with Crippen LogP contribution in [0, 0.1) is 11.6 Å². The highest BCUT2D eigenvalue weighted by Crippen LogP contribution is 2.32. The van der Waals surface area contributed by atoms with Crippen LogP contribution in [0.2, 0.25) is 0 Å². The van der Waals surface area contributed by atoms with Crippen LogP contribution in [0.1, 0.15) is 23.7 Å². The molecule has 4 rings (SSSR count).